The molecule has 0 aliphatic rings. The van der Waals surface area contributed by atoms with Gasteiger partial charge in [0.25, 0.3) is 0 Å². The van der Waals surface area contributed by atoms with Crippen molar-refractivity contribution in [1.29, 1.82) is 5.26 Å². The fourth-order valence-electron chi connectivity index (χ4n) is 3.13. The number of benzene rings is 1. The number of phenolic OH excluding ortho intramolecular Hbond substituents is 1. The van der Waals surface area contributed by atoms with Crippen LogP contribution >= 0.6 is 0 Å². The number of ketones is 1. The predicted molar refractivity (Wildman–Crippen MR) is 99.7 cm³/mol. The van der Waals surface area contributed by atoms with E-state index in [0.717, 1.165) is 41.0 Å². The van der Waals surface area contributed by atoms with Crippen LogP contribution in [0.25, 0.3) is 6.08 Å². The number of hydrogen-bond acceptors (Lipinski definition) is 3. The van der Waals surface area contributed by atoms with E-state index < -0.39 is 0 Å². The normalized spacial score (nSPS) is 11.4. The topological polar surface area (TPSA) is 66.0 Å². The summed E-state index contributed by atoms with van der Waals surface area (Å²) in [5, 5.41) is 19.4. The lowest BCUT2D eigenvalue weighted by atomic mass is 9.99. The van der Waals surface area contributed by atoms with E-state index in [2.05, 4.69) is 11.5 Å². The van der Waals surface area contributed by atoms with Gasteiger partial charge >= 0.3 is 0 Å². The predicted octanol–water partition coefficient (Wildman–Crippen LogP) is 4.63. The van der Waals surface area contributed by atoms with Gasteiger partial charge in [0.05, 0.1) is 0 Å². The van der Waals surface area contributed by atoms with E-state index in [4.69, 9.17) is 0 Å². The van der Waals surface area contributed by atoms with Crippen molar-refractivity contribution < 1.29 is 9.90 Å². The van der Waals surface area contributed by atoms with Crippen LogP contribution in [0.1, 0.15) is 51.8 Å². The van der Waals surface area contributed by atoms with E-state index in [1.54, 1.807) is 32.1 Å². The van der Waals surface area contributed by atoms with Crippen LogP contribution in [0.15, 0.2) is 23.8 Å². The molecular formula is C21H24N2O2. The van der Waals surface area contributed by atoms with Crippen molar-refractivity contribution in [2.24, 2.45) is 0 Å². The van der Waals surface area contributed by atoms with Crippen molar-refractivity contribution in [3.05, 3.63) is 57.4 Å². The lowest BCUT2D eigenvalue weighted by molar-refractivity contribution is 0.103. The molecule has 4 nitrogen and oxygen atoms in total. The van der Waals surface area contributed by atoms with Gasteiger partial charge in [-0.2, -0.15) is 5.26 Å². The Bertz CT molecular complexity index is 872. The minimum Gasteiger partial charge on any atom is -0.507 e. The highest BCUT2D eigenvalue weighted by Crippen LogP contribution is 2.25. The molecule has 1 aromatic heterocycles. The van der Waals surface area contributed by atoms with Crippen LogP contribution in [-0.4, -0.2) is 15.5 Å². The van der Waals surface area contributed by atoms with Crippen molar-refractivity contribution in [3.8, 4) is 11.8 Å². The molecule has 25 heavy (non-hydrogen) atoms. The van der Waals surface area contributed by atoms with E-state index in [1.807, 2.05) is 26.0 Å². The summed E-state index contributed by atoms with van der Waals surface area (Å²) >= 11 is 0. The molecule has 0 saturated heterocycles. The van der Waals surface area contributed by atoms with Crippen molar-refractivity contribution in [3.63, 3.8) is 0 Å². The highest BCUT2D eigenvalue weighted by Gasteiger charge is 2.19. The first-order valence-electron chi connectivity index (χ1n) is 8.43. The zero-order valence-electron chi connectivity index (χ0n) is 15.5. The van der Waals surface area contributed by atoms with E-state index in [0.29, 0.717) is 5.56 Å². The van der Waals surface area contributed by atoms with Gasteiger partial charge in [-0.3, -0.25) is 4.79 Å². The molecular weight excluding hydrogens is 312 g/mol. The molecule has 0 aliphatic heterocycles. The first-order chi connectivity index (χ1) is 11.8. The molecule has 0 aliphatic carbocycles. The Balaban J connectivity index is 2.47. The van der Waals surface area contributed by atoms with Crippen LogP contribution in [0.5, 0.6) is 5.75 Å². The number of aromatic hydroxyl groups is 1. The fourth-order valence-corrected chi connectivity index (χ4v) is 3.13. The van der Waals surface area contributed by atoms with Gasteiger partial charge in [-0.15, -0.1) is 0 Å². The van der Waals surface area contributed by atoms with Crippen molar-refractivity contribution in [2.75, 3.05) is 0 Å². The Labute approximate surface area is 149 Å². The van der Waals surface area contributed by atoms with Gasteiger partial charge < -0.3 is 9.67 Å². The fraction of sp³-hybridized carbons (Fsp3) is 0.333. The molecule has 1 heterocycles. The number of allylic oxidation sites excluding steroid dienone is 1. The maximum atomic E-state index is 12.9. The molecule has 0 fully saturated rings. The third-order valence-corrected chi connectivity index (χ3v) is 4.45. The van der Waals surface area contributed by atoms with E-state index in [9.17, 15) is 15.2 Å². The summed E-state index contributed by atoms with van der Waals surface area (Å²) in [7, 11) is 0. The number of rotatable bonds is 5. The zero-order valence-corrected chi connectivity index (χ0v) is 15.5. The maximum absolute atomic E-state index is 12.9. The minimum absolute atomic E-state index is 0.0984. The Hall–Kier alpha value is -2.80. The molecule has 4 heteroatoms. The van der Waals surface area contributed by atoms with Crippen LogP contribution in [0.4, 0.5) is 0 Å². The number of nitrogens with zero attached hydrogens (tertiary/aromatic N) is 2. The number of aryl methyl sites for hydroxylation is 3. The van der Waals surface area contributed by atoms with Gasteiger partial charge in [0.2, 0.25) is 5.78 Å². The van der Waals surface area contributed by atoms with Gasteiger partial charge in [-0.1, -0.05) is 6.92 Å². The first kappa shape index (κ1) is 18.5. The largest absolute Gasteiger partial charge is 0.507 e. The second kappa shape index (κ2) is 7.40. The lowest BCUT2D eigenvalue weighted by Crippen LogP contribution is -2.06. The molecule has 130 valence electrons. The van der Waals surface area contributed by atoms with Gasteiger partial charge in [0, 0.05) is 23.5 Å². The average molecular weight is 336 g/mol. The molecule has 1 aromatic carbocycles. The molecule has 1 N–H and O–H groups in total. The second-order valence-electron chi connectivity index (χ2n) is 6.44. The van der Waals surface area contributed by atoms with Crippen molar-refractivity contribution in [1.82, 2.24) is 4.57 Å². The third kappa shape index (κ3) is 3.66. The Morgan fingerprint density at radius 2 is 1.80 bits per heavy atom. The molecule has 0 amide bonds. The lowest BCUT2D eigenvalue weighted by Gasteiger charge is -2.08. The number of phenols is 1. The maximum Gasteiger partial charge on any atom is 0.205 e. The summed E-state index contributed by atoms with van der Waals surface area (Å²) < 4.78 is 2.11. The van der Waals surface area contributed by atoms with E-state index in [-0.39, 0.29) is 17.1 Å². The summed E-state index contributed by atoms with van der Waals surface area (Å²) in [6, 6.07) is 7.43. The van der Waals surface area contributed by atoms with Gasteiger partial charge in [-0.25, -0.2) is 0 Å². The summed E-state index contributed by atoms with van der Waals surface area (Å²) in [4.78, 5) is 12.9. The quantitative estimate of drug-likeness (QED) is 0.492. The monoisotopic (exact) mass is 336 g/mol. The van der Waals surface area contributed by atoms with Crippen molar-refractivity contribution in [2.45, 2.75) is 47.6 Å². The molecule has 0 radical (unpaired) electrons. The third-order valence-electron chi connectivity index (χ3n) is 4.45. The number of carbonyl (C=O) groups excluding carboxylic acids is 1. The number of carbonyl (C=O) groups is 1. The summed E-state index contributed by atoms with van der Waals surface area (Å²) in [5.41, 5.74) is 4.77. The molecule has 0 spiro atoms. The van der Waals surface area contributed by atoms with Crippen LogP contribution in [0.2, 0.25) is 0 Å². The van der Waals surface area contributed by atoms with Crippen LogP contribution < -0.4 is 0 Å². The Kier molecular flexibility index (Phi) is 5.48. The Morgan fingerprint density at radius 3 is 2.32 bits per heavy atom. The highest BCUT2D eigenvalue weighted by atomic mass is 16.3. The highest BCUT2D eigenvalue weighted by molar-refractivity contribution is 6.14. The van der Waals surface area contributed by atoms with Crippen LogP contribution in [0.3, 0.4) is 0 Å². The van der Waals surface area contributed by atoms with Crippen LogP contribution in [-0.2, 0) is 6.54 Å². The number of aromatic nitrogens is 1. The minimum atomic E-state index is -0.263. The summed E-state index contributed by atoms with van der Waals surface area (Å²) in [6.45, 7) is 10.4. The van der Waals surface area contributed by atoms with E-state index >= 15 is 0 Å². The number of nitriles is 1. The Morgan fingerprint density at radius 1 is 1.20 bits per heavy atom. The van der Waals surface area contributed by atoms with E-state index in [1.165, 1.54) is 0 Å². The van der Waals surface area contributed by atoms with Gasteiger partial charge in [0.15, 0.2) is 0 Å². The summed E-state index contributed by atoms with van der Waals surface area (Å²) in [5.74, 6) is -0.0218. The second-order valence-corrected chi connectivity index (χ2v) is 6.44. The number of Topliss-reactive ketones (excluding diaryl/α,β-unsaturated/α-hetero) is 1. The van der Waals surface area contributed by atoms with Crippen LogP contribution in [0, 0.1) is 39.0 Å². The van der Waals surface area contributed by atoms with Gasteiger partial charge in [0.1, 0.15) is 17.4 Å². The summed E-state index contributed by atoms with van der Waals surface area (Å²) in [6.07, 6.45) is 2.57. The SMILES string of the molecule is CCCn1c(C)cc(C(=O)/C(C#N)=C/c2cc(C)c(O)c(C)c2)c1C. The first-order valence-corrected chi connectivity index (χ1v) is 8.43. The molecule has 0 unspecified atom stereocenters. The van der Waals surface area contributed by atoms with Gasteiger partial charge in [-0.05, 0) is 75.1 Å². The standard InChI is InChI=1S/C21H24N2O2/c1-6-7-23-15(4)10-19(16(23)5)21(25)18(12-22)11-17-8-13(2)20(24)14(3)9-17/h8-11,24H,6-7H2,1-5H3/b18-11+. The molecule has 2 rings (SSSR count). The smallest absolute Gasteiger partial charge is 0.205 e. The molecule has 2 aromatic rings. The number of hydrogen-bond donors (Lipinski definition) is 1. The molecule has 0 atom stereocenters. The molecule has 0 bridgehead atoms. The molecule has 0 saturated carbocycles. The van der Waals surface area contributed by atoms with Crippen molar-refractivity contribution >= 4 is 11.9 Å². The average Bonchev–Trinajstić information content (AvgIpc) is 2.85. The zero-order chi connectivity index (χ0) is 18.7.